The van der Waals surface area contributed by atoms with Gasteiger partial charge in [0.25, 0.3) is 0 Å². The highest BCUT2D eigenvalue weighted by Crippen LogP contribution is 2.43. The van der Waals surface area contributed by atoms with Gasteiger partial charge in [0.1, 0.15) is 5.60 Å². The van der Waals surface area contributed by atoms with Crippen molar-refractivity contribution in [3.8, 4) is 12.3 Å². The molecule has 1 aliphatic carbocycles. The van der Waals surface area contributed by atoms with Crippen LogP contribution in [0, 0.1) is 17.8 Å². The monoisotopic (exact) mass is 251 g/mol. The molecule has 1 N–H and O–H groups in total. The van der Waals surface area contributed by atoms with Gasteiger partial charge in [0.05, 0.1) is 0 Å². The van der Waals surface area contributed by atoms with Crippen LogP contribution in [-0.2, 0) is 9.53 Å². The molecule has 4 nitrogen and oxygen atoms in total. The predicted octanol–water partition coefficient (Wildman–Crippen LogP) is 2.27. The molecule has 1 fully saturated rings. The summed E-state index contributed by atoms with van der Waals surface area (Å²) >= 11 is 0. The fraction of sp³-hybridized carbons (Fsp3) is 0.714. The molecule has 0 aromatic rings. The number of carbonyl (C=O) groups is 2. The van der Waals surface area contributed by atoms with Crippen LogP contribution in [0.15, 0.2) is 0 Å². The van der Waals surface area contributed by atoms with Crippen LogP contribution in [-0.4, -0.2) is 24.0 Å². The summed E-state index contributed by atoms with van der Waals surface area (Å²) < 4.78 is 5.16. The number of alkyl carbamates (subject to hydrolysis) is 1. The topological polar surface area (TPSA) is 55.4 Å². The Bertz CT molecular complexity index is 369. The number of rotatable bonds is 4. The van der Waals surface area contributed by atoms with Crippen molar-refractivity contribution in [2.75, 3.05) is 6.54 Å². The number of carbonyl (C=O) groups excluding carboxylic acids is 2. The standard InChI is InChI=1S/C14H21NO3/c1-5-11(16)9-14(7-6-8-14)10-15-12(17)18-13(2,3)4/h1H,6-10H2,2-4H3,(H,15,17). The summed E-state index contributed by atoms with van der Waals surface area (Å²) in [6.07, 6.45) is 7.92. The number of hydrogen-bond donors (Lipinski definition) is 1. The lowest BCUT2D eigenvalue weighted by Gasteiger charge is -2.41. The maximum atomic E-state index is 11.5. The van der Waals surface area contributed by atoms with Gasteiger partial charge in [0.15, 0.2) is 0 Å². The number of ketones is 1. The maximum absolute atomic E-state index is 11.5. The van der Waals surface area contributed by atoms with E-state index in [9.17, 15) is 9.59 Å². The first kappa shape index (κ1) is 14.6. The molecule has 1 saturated carbocycles. The second kappa shape index (κ2) is 5.43. The first-order valence-electron chi connectivity index (χ1n) is 6.23. The Labute approximate surface area is 108 Å². The third-order valence-electron chi connectivity index (χ3n) is 3.12. The van der Waals surface area contributed by atoms with Crippen molar-refractivity contribution >= 4 is 11.9 Å². The highest BCUT2D eigenvalue weighted by molar-refractivity contribution is 5.95. The molecule has 0 aromatic carbocycles. The highest BCUT2D eigenvalue weighted by atomic mass is 16.6. The van der Waals surface area contributed by atoms with Crippen LogP contribution in [0.4, 0.5) is 4.79 Å². The molecule has 1 aliphatic rings. The summed E-state index contributed by atoms with van der Waals surface area (Å²) in [5.41, 5.74) is -0.661. The van der Waals surface area contributed by atoms with Gasteiger partial charge in [-0.05, 0) is 44.9 Å². The van der Waals surface area contributed by atoms with E-state index in [0.29, 0.717) is 13.0 Å². The molecule has 0 aliphatic heterocycles. The molecule has 0 aromatic heterocycles. The Morgan fingerprint density at radius 2 is 2.00 bits per heavy atom. The average Bonchev–Trinajstić information content (AvgIpc) is 2.18. The Morgan fingerprint density at radius 1 is 1.39 bits per heavy atom. The molecule has 0 radical (unpaired) electrons. The third kappa shape index (κ3) is 4.40. The van der Waals surface area contributed by atoms with E-state index in [1.807, 2.05) is 20.8 Å². The van der Waals surface area contributed by atoms with E-state index < -0.39 is 11.7 Å². The van der Waals surface area contributed by atoms with E-state index in [1.54, 1.807) is 0 Å². The van der Waals surface area contributed by atoms with E-state index in [1.165, 1.54) is 0 Å². The number of hydrogen-bond acceptors (Lipinski definition) is 3. The number of amides is 1. The van der Waals surface area contributed by atoms with E-state index >= 15 is 0 Å². The first-order valence-corrected chi connectivity index (χ1v) is 6.23. The van der Waals surface area contributed by atoms with Crippen LogP contribution in [0.5, 0.6) is 0 Å². The van der Waals surface area contributed by atoms with Crippen LogP contribution < -0.4 is 5.32 Å². The average molecular weight is 251 g/mol. The number of ether oxygens (including phenoxy) is 1. The first-order chi connectivity index (χ1) is 8.26. The van der Waals surface area contributed by atoms with Gasteiger partial charge in [-0.25, -0.2) is 4.79 Å². The van der Waals surface area contributed by atoms with Gasteiger partial charge in [-0.1, -0.05) is 6.42 Å². The van der Waals surface area contributed by atoms with E-state index in [2.05, 4.69) is 11.2 Å². The molecule has 18 heavy (non-hydrogen) atoms. The van der Waals surface area contributed by atoms with Crippen molar-refractivity contribution in [3.63, 3.8) is 0 Å². The largest absolute Gasteiger partial charge is 0.444 e. The lowest BCUT2D eigenvalue weighted by atomic mass is 9.66. The number of Topliss-reactive ketones (excluding diaryl/α,β-unsaturated/α-hetero) is 1. The predicted molar refractivity (Wildman–Crippen MR) is 69.0 cm³/mol. The van der Waals surface area contributed by atoms with E-state index in [4.69, 9.17) is 11.2 Å². The normalized spacial score (nSPS) is 17.2. The SMILES string of the molecule is C#CC(=O)CC1(CNC(=O)OC(C)(C)C)CCC1. The summed E-state index contributed by atoms with van der Waals surface area (Å²) in [5.74, 6) is 1.94. The minimum atomic E-state index is -0.508. The molecular formula is C14H21NO3. The fourth-order valence-corrected chi connectivity index (χ4v) is 2.06. The van der Waals surface area contributed by atoms with Crippen LogP contribution in [0.25, 0.3) is 0 Å². The summed E-state index contributed by atoms with van der Waals surface area (Å²) in [7, 11) is 0. The zero-order chi connectivity index (χ0) is 13.8. The molecule has 0 spiro atoms. The fourth-order valence-electron chi connectivity index (χ4n) is 2.06. The molecule has 0 heterocycles. The molecule has 0 atom stereocenters. The molecule has 0 unspecified atom stereocenters. The Balaban J connectivity index is 2.43. The Kier molecular flexibility index (Phi) is 4.39. The Morgan fingerprint density at radius 3 is 2.39 bits per heavy atom. The zero-order valence-electron chi connectivity index (χ0n) is 11.3. The van der Waals surface area contributed by atoms with Crippen molar-refractivity contribution in [1.82, 2.24) is 5.32 Å². The quantitative estimate of drug-likeness (QED) is 0.616. The lowest BCUT2D eigenvalue weighted by Crippen LogP contribution is -2.44. The molecule has 4 heteroatoms. The molecule has 0 saturated heterocycles. The number of nitrogens with one attached hydrogen (secondary N) is 1. The summed E-state index contributed by atoms with van der Waals surface area (Å²) in [6, 6.07) is 0. The second-order valence-electron chi connectivity index (χ2n) is 5.95. The van der Waals surface area contributed by atoms with Crippen molar-refractivity contribution in [2.24, 2.45) is 5.41 Å². The number of terminal acetylenes is 1. The minimum Gasteiger partial charge on any atom is -0.444 e. The molecule has 0 bridgehead atoms. The smallest absolute Gasteiger partial charge is 0.407 e. The lowest BCUT2D eigenvalue weighted by molar-refractivity contribution is -0.117. The summed E-state index contributed by atoms with van der Waals surface area (Å²) in [4.78, 5) is 22.9. The van der Waals surface area contributed by atoms with Gasteiger partial charge >= 0.3 is 6.09 Å². The van der Waals surface area contributed by atoms with Gasteiger partial charge in [0, 0.05) is 13.0 Å². The zero-order valence-corrected chi connectivity index (χ0v) is 11.3. The van der Waals surface area contributed by atoms with Gasteiger partial charge < -0.3 is 10.1 Å². The highest BCUT2D eigenvalue weighted by Gasteiger charge is 2.39. The summed E-state index contributed by atoms with van der Waals surface area (Å²) in [6.45, 7) is 5.89. The van der Waals surface area contributed by atoms with Gasteiger partial charge in [0.2, 0.25) is 5.78 Å². The molecule has 1 amide bonds. The third-order valence-corrected chi connectivity index (χ3v) is 3.12. The van der Waals surface area contributed by atoms with Gasteiger partial charge in [-0.3, -0.25) is 4.79 Å². The van der Waals surface area contributed by atoms with E-state index in [-0.39, 0.29) is 11.2 Å². The molecular weight excluding hydrogens is 230 g/mol. The summed E-state index contributed by atoms with van der Waals surface area (Å²) in [5, 5.41) is 2.73. The van der Waals surface area contributed by atoms with Crippen molar-refractivity contribution < 1.29 is 14.3 Å². The molecule has 100 valence electrons. The van der Waals surface area contributed by atoms with Crippen molar-refractivity contribution in [1.29, 1.82) is 0 Å². The van der Waals surface area contributed by atoms with Crippen LogP contribution in [0.1, 0.15) is 46.5 Å². The van der Waals surface area contributed by atoms with Crippen LogP contribution >= 0.6 is 0 Å². The Hall–Kier alpha value is -1.50. The molecule has 1 rings (SSSR count). The van der Waals surface area contributed by atoms with Gasteiger partial charge in [-0.15, -0.1) is 6.42 Å². The van der Waals surface area contributed by atoms with Crippen LogP contribution in [0.2, 0.25) is 0 Å². The minimum absolute atomic E-state index is 0.152. The van der Waals surface area contributed by atoms with E-state index in [0.717, 1.165) is 19.3 Å². The van der Waals surface area contributed by atoms with Crippen molar-refractivity contribution in [3.05, 3.63) is 0 Å². The van der Waals surface area contributed by atoms with Crippen molar-refractivity contribution in [2.45, 2.75) is 52.1 Å². The maximum Gasteiger partial charge on any atom is 0.407 e. The second-order valence-corrected chi connectivity index (χ2v) is 5.95. The van der Waals surface area contributed by atoms with Gasteiger partial charge in [-0.2, -0.15) is 0 Å². The van der Waals surface area contributed by atoms with Crippen LogP contribution in [0.3, 0.4) is 0 Å².